The van der Waals surface area contributed by atoms with Crippen LogP contribution in [0.3, 0.4) is 0 Å². The number of thiazole rings is 1. The van der Waals surface area contributed by atoms with E-state index in [1.807, 2.05) is 53.9 Å². The summed E-state index contributed by atoms with van der Waals surface area (Å²) in [5.41, 5.74) is 2.61. The highest BCUT2D eigenvalue weighted by molar-refractivity contribution is 7.09. The first-order valence-electron chi connectivity index (χ1n) is 8.82. The summed E-state index contributed by atoms with van der Waals surface area (Å²) in [7, 11) is 0. The van der Waals surface area contributed by atoms with Crippen molar-refractivity contribution in [2.45, 2.75) is 26.1 Å². The van der Waals surface area contributed by atoms with Crippen LogP contribution < -0.4 is 4.74 Å². The van der Waals surface area contributed by atoms with Crippen molar-refractivity contribution in [2.75, 3.05) is 6.61 Å². The fourth-order valence-corrected chi connectivity index (χ4v) is 3.61. The molecular weight excluding hydrogens is 398 g/mol. The maximum atomic E-state index is 11.2. The third-order valence-corrected chi connectivity index (χ3v) is 5.20. The van der Waals surface area contributed by atoms with E-state index in [9.17, 15) is 4.79 Å². The highest BCUT2D eigenvalue weighted by Gasteiger charge is 2.17. The van der Waals surface area contributed by atoms with E-state index in [-0.39, 0.29) is 0 Å². The third kappa shape index (κ3) is 5.32. The Labute approximate surface area is 172 Å². The van der Waals surface area contributed by atoms with Gasteiger partial charge in [0, 0.05) is 29.0 Å². The number of benzene rings is 2. The number of hydrogen-bond acceptors (Lipinski definition) is 5. The highest BCUT2D eigenvalue weighted by Crippen LogP contribution is 2.29. The maximum Gasteiger partial charge on any atom is 0.333 e. The van der Waals surface area contributed by atoms with Crippen molar-refractivity contribution in [3.05, 3.63) is 69.5 Å². The van der Waals surface area contributed by atoms with Crippen LogP contribution in [0.2, 0.25) is 5.02 Å². The van der Waals surface area contributed by atoms with Gasteiger partial charge in [-0.05, 0) is 30.7 Å². The molecule has 2 aromatic carbocycles. The second-order valence-corrected chi connectivity index (χ2v) is 7.38. The Morgan fingerprint density at radius 1 is 1.21 bits per heavy atom. The number of nitrogens with zero attached hydrogens (tertiary/aromatic N) is 1. The van der Waals surface area contributed by atoms with Crippen LogP contribution in [0, 0.1) is 0 Å². The molecule has 0 aliphatic carbocycles. The molecule has 5 nitrogen and oxygen atoms in total. The highest BCUT2D eigenvalue weighted by atomic mass is 35.5. The first-order chi connectivity index (χ1) is 13.6. The Kier molecular flexibility index (Phi) is 7.03. The minimum Gasteiger partial charge on any atom is -0.486 e. The van der Waals surface area contributed by atoms with E-state index < -0.39 is 12.1 Å². The zero-order valence-electron chi connectivity index (χ0n) is 15.3. The van der Waals surface area contributed by atoms with Crippen LogP contribution in [-0.4, -0.2) is 28.8 Å². The summed E-state index contributed by atoms with van der Waals surface area (Å²) >= 11 is 7.73. The summed E-state index contributed by atoms with van der Waals surface area (Å²) in [5, 5.41) is 12.6. The molecule has 7 heteroatoms. The van der Waals surface area contributed by atoms with E-state index in [2.05, 4.69) is 4.98 Å². The summed E-state index contributed by atoms with van der Waals surface area (Å²) in [6, 6.07) is 14.9. The Hall–Kier alpha value is -2.41. The van der Waals surface area contributed by atoms with Crippen molar-refractivity contribution >= 4 is 28.9 Å². The molecule has 0 aliphatic rings. The standard InChI is InChI=1S/C21H20ClNO4S/c1-2-26-19(21(24)25)11-14-7-9-15(10-8-14)27-12-20-23-18(13-28-20)16-5-3-4-6-17(16)22/h3-10,13,19H,2,11-12H2,1H3,(H,24,25). The van der Waals surface area contributed by atoms with Crippen molar-refractivity contribution in [3.8, 4) is 17.0 Å². The lowest BCUT2D eigenvalue weighted by atomic mass is 10.1. The lowest BCUT2D eigenvalue weighted by Gasteiger charge is -2.12. The predicted molar refractivity (Wildman–Crippen MR) is 110 cm³/mol. The lowest BCUT2D eigenvalue weighted by Crippen LogP contribution is -2.26. The molecule has 1 atom stereocenters. The SMILES string of the molecule is CCOC(Cc1ccc(OCc2nc(-c3ccccc3Cl)cs2)cc1)C(=O)O. The summed E-state index contributed by atoms with van der Waals surface area (Å²) < 4.78 is 11.0. The second kappa shape index (κ2) is 9.68. The number of ether oxygens (including phenoxy) is 2. The fourth-order valence-electron chi connectivity index (χ4n) is 2.67. The van der Waals surface area contributed by atoms with E-state index in [1.54, 1.807) is 6.92 Å². The molecule has 0 spiro atoms. The van der Waals surface area contributed by atoms with Gasteiger partial charge in [0.15, 0.2) is 6.10 Å². The number of halogens is 1. The Morgan fingerprint density at radius 3 is 2.64 bits per heavy atom. The summed E-state index contributed by atoms with van der Waals surface area (Å²) in [4.78, 5) is 15.8. The second-order valence-electron chi connectivity index (χ2n) is 6.03. The van der Waals surface area contributed by atoms with E-state index in [0.717, 1.165) is 21.8 Å². The zero-order chi connectivity index (χ0) is 19.9. The third-order valence-electron chi connectivity index (χ3n) is 4.05. The molecule has 0 bridgehead atoms. The topological polar surface area (TPSA) is 68.7 Å². The summed E-state index contributed by atoms with van der Waals surface area (Å²) in [6.45, 7) is 2.50. The Morgan fingerprint density at radius 2 is 1.96 bits per heavy atom. The molecule has 146 valence electrons. The van der Waals surface area contributed by atoms with Crippen LogP contribution in [0.1, 0.15) is 17.5 Å². The number of rotatable bonds is 9. The van der Waals surface area contributed by atoms with Gasteiger partial charge in [-0.3, -0.25) is 0 Å². The van der Waals surface area contributed by atoms with Crippen molar-refractivity contribution < 1.29 is 19.4 Å². The largest absolute Gasteiger partial charge is 0.486 e. The van der Waals surface area contributed by atoms with Gasteiger partial charge in [-0.1, -0.05) is 41.9 Å². The normalized spacial score (nSPS) is 11.9. The molecule has 0 aliphatic heterocycles. The number of hydrogen-bond donors (Lipinski definition) is 1. The van der Waals surface area contributed by atoms with Crippen molar-refractivity contribution in [2.24, 2.45) is 0 Å². The number of aromatic nitrogens is 1. The number of aliphatic carboxylic acids is 1. The molecule has 28 heavy (non-hydrogen) atoms. The molecule has 3 aromatic rings. The Bertz CT molecular complexity index is 926. The van der Waals surface area contributed by atoms with Gasteiger partial charge in [0.05, 0.1) is 5.69 Å². The van der Waals surface area contributed by atoms with E-state index in [4.69, 9.17) is 26.2 Å². The number of carboxylic acids is 1. The summed E-state index contributed by atoms with van der Waals surface area (Å²) in [5.74, 6) is -0.262. The molecule has 1 aromatic heterocycles. The molecule has 0 amide bonds. The average molecular weight is 418 g/mol. The van der Waals surface area contributed by atoms with E-state index >= 15 is 0 Å². The smallest absolute Gasteiger partial charge is 0.333 e. The lowest BCUT2D eigenvalue weighted by molar-refractivity contribution is -0.149. The Balaban J connectivity index is 1.58. The van der Waals surface area contributed by atoms with Crippen molar-refractivity contribution in [1.82, 2.24) is 4.98 Å². The van der Waals surface area contributed by atoms with Gasteiger partial charge in [0.2, 0.25) is 0 Å². The molecule has 1 unspecified atom stereocenters. The van der Waals surface area contributed by atoms with Crippen LogP contribution in [0.25, 0.3) is 11.3 Å². The fraction of sp³-hybridized carbons (Fsp3) is 0.238. The molecule has 3 rings (SSSR count). The van der Waals surface area contributed by atoms with Gasteiger partial charge in [-0.2, -0.15) is 0 Å². The van der Waals surface area contributed by atoms with E-state index in [1.165, 1.54) is 11.3 Å². The molecule has 0 fully saturated rings. The van der Waals surface area contributed by atoms with Crippen LogP contribution in [0.5, 0.6) is 5.75 Å². The monoisotopic (exact) mass is 417 g/mol. The molecule has 0 saturated heterocycles. The van der Waals surface area contributed by atoms with Crippen molar-refractivity contribution in [1.29, 1.82) is 0 Å². The number of carboxylic acid groups (broad SMARTS) is 1. The van der Waals surface area contributed by atoms with E-state index in [0.29, 0.717) is 30.4 Å². The first-order valence-corrected chi connectivity index (χ1v) is 10.1. The van der Waals surface area contributed by atoms with Crippen LogP contribution in [-0.2, 0) is 22.6 Å². The van der Waals surface area contributed by atoms with Gasteiger partial charge in [-0.25, -0.2) is 9.78 Å². The molecule has 1 N–H and O–H groups in total. The summed E-state index contributed by atoms with van der Waals surface area (Å²) in [6.07, 6.45) is -0.521. The quantitative estimate of drug-likeness (QED) is 0.526. The van der Waals surface area contributed by atoms with Gasteiger partial charge < -0.3 is 14.6 Å². The molecule has 0 radical (unpaired) electrons. The molecule has 0 saturated carbocycles. The minimum absolute atomic E-state index is 0.317. The average Bonchev–Trinajstić information content (AvgIpc) is 3.16. The minimum atomic E-state index is -0.958. The van der Waals surface area contributed by atoms with Gasteiger partial charge in [0.25, 0.3) is 0 Å². The van der Waals surface area contributed by atoms with Gasteiger partial charge >= 0.3 is 5.97 Å². The van der Waals surface area contributed by atoms with Crippen LogP contribution in [0.15, 0.2) is 53.9 Å². The number of carbonyl (C=O) groups is 1. The maximum absolute atomic E-state index is 11.2. The van der Waals surface area contributed by atoms with Crippen molar-refractivity contribution in [3.63, 3.8) is 0 Å². The van der Waals surface area contributed by atoms with Gasteiger partial charge in [0.1, 0.15) is 17.4 Å². The van der Waals surface area contributed by atoms with Crippen LogP contribution >= 0.6 is 22.9 Å². The van der Waals surface area contributed by atoms with Gasteiger partial charge in [-0.15, -0.1) is 11.3 Å². The molecule has 1 heterocycles. The van der Waals surface area contributed by atoms with Crippen LogP contribution in [0.4, 0.5) is 0 Å². The first kappa shape index (κ1) is 20.3. The zero-order valence-corrected chi connectivity index (χ0v) is 16.9. The predicted octanol–water partition coefficient (Wildman–Crippen LogP) is 5.07. The molecular formula is C21H20ClNO4S.